The molecular weight excluding hydrogens is 268 g/mol. The number of hydrogen-bond acceptors (Lipinski definition) is 4. The lowest BCUT2D eigenvalue weighted by Crippen LogP contribution is -2.22. The van der Waals surface area contributed by atoms with Crippen molar-refractivity contribution in [3.63, 3.8) is 0 Å². The van der Waals surface area contributed by atoms with E-state index >= 15 is 0 Å². The third-order valence-corrected chi connectivity index (χ3v) is 2.63. The van der Waals surface area contributed by atoms with Crippen molar-refractivity contribution in [1.29, 1.82) is 0 Å². The van der Waals surface area contributed by atoms with Crippen molar-refractivity contribution in [2.45, 2.75) is 20.3 Å². The lowest BCUT2D eigenvalue weighted by atomic mass is 10.3. The Labute approximate surface area is 122 Å². The van der Waals surface area contributed by atoms with E-state index in [0.29, 0.717) is 11.6 Å². The predicted octanol–water partition coefficient (Wildman–Crippen LogP) is 2.06. The topological polar surface area (TPSA) is 84.0 Å². The van der Waals surface area contributed by atoms with Crippen LogP contribution in [0.1, 0.15) is 17.8 Å². The zero-order valence-electron chi connectivity index (χ0n) is 11.9. The van der Waals surface area contributed by atoms with Crippen LogP contribution in [-0.4, -0.2) is 21.8 Å². The normalized spacial score (nSPS) is 10.0. The van der Waals surface area contributed by atoms with Gasteiger partial charge in [-0.05, 0) is 38.1 Å². The maximum atomic E-state index is 11.8. The van der Waals surface area contributed by atoms with Gasteiger partial charge in [-0.2, -0.15) is 0 Å². The number of carbonyl (C=O) groups excluding carboxylic acids is 2. The summed E-state index contributed by atoms with van der Waals surface area (Å²) in [6, 6.07) is 10.6. The molecule has 2 aromatic rings. The number of rotatable bonds is 4. The summed E-state index contributed by atoms with van der Waals surface area (Å²) in [5.41, 5.74) is 1.59. The molecule has 6 heteroatoms. The number of aryl methyl sites for hydroxylation is 2. The van der Waals surface area contributed by atoms with Crippen LogP contribution in [0, 0.1) is 13.8 Å². The van der Waals surface area contributed by atoms with E-state index in [1.165, 1.54) is 0 Å². The van der Waals surface area contributed by atoms with Gasteiger partial charge in [-0.1, -0.05) is 12.1 Å². The third-order valence-electron chi connectivity index (χ3n) is 2.63. The molecule has 0 radical (unpaired) electrons. The first-order chi connectivity index (χ1) is 10.0. The minimum atomic E-state index is -0.418. The van der Waals surface area contributed by atoms with Gasteiger partial charge in [-0.15, -0.1) is 0 Å². The Morgan fingerprint density at radius 2 is 1.29 bits per heavy atom. The molecule has 0 fully saturated rings. The van der Waals surface area contributed by atoms with Crippen LogP contribution in [0.2, 0.25) is 0 Å². The average molecular weight is 284 g/mol. The Balaban J connectivity index is 1.89. The van der Waals surface area contributed by atoms with Gasteiger partial charge >= 0.3 is 0 Å². The number of hydrogen-bond donors (Lipinski definition) is 2. The van der Waals surface area contributed by atoms with Gasteiger partial charge < -0.3 is 10.6 Å². The van der Waals surface area contributed by atoms with E-state index in [9.17, 15) is 9.59 Å². The second kappa shape index (κ2) is 6.60. The minimum Gasteiger partial charge on any atom is -0.310 e. The van der Waals surface area contributed by atoms with Crippen LogP contribution < -0.4 is 10.6 Å². The standard InChI is InChI=1S/C15H16N4O2/c1-10-5-3-7-12(16-10)18-14(20)9-15(21)19-13-8-4-6-11(2)17-13/h3-8H,9H2,1-2H3,(H,16,18,20)(H,17,19,21). The number of amides is 2. The highest BCUT2D eigenvalue weighted by atomic mass is 16.2. The molecule has 0 aliphatic heterocycles. The molecule has 0 aliphatic carbocycles. The monoisotopic (exact) mass is 284 g/mol. The Hall–Kier alpha value is -2.76. The highest BCUT2D eigenvalue weighted by Crippen LogP contribution is 2.06. The van der Waals surface area contributed by atoms with Gasteiger partial charge in [0.15, 0.2) is 0 Å². The van der Waals surface area contributed by atoms with E-state index in [1.54, 1.807) is 24.3 Å². The summed E-state index contributed by atoms with van der Waals surface area (Å²) in [6.07, 6.45) is -0.286. The Morgan fingerprint density at radius 3 is 1.67 bits per heavy atom. The Kier molecular flexibility index (Phi) is 4.61. The highest BCUT2D eigenvalue weighted by Gasteiger charge is 2.11. The molecule has 6 nitrogen and oxygen atoms in total. The second-order valence-corrected chi connectivity index (χ2v) is 4.60. The van der Waals surface area contributed by atoms with Gasteiger partial charge in [-0.25, -0.2) is 9.97 Å². The first-order valence-corrected chi connectivity index (χ1v) is 6.50. The average Bonchev–Trinajstić information content (AvgIpc) is 2.38. The van der Waals surface area contributed by atoms with E-state index in [4.69, 9.17) is 0 Å². The molecule has 0 spiro atoms. The fourth-order valence-corrected chi connectivity index (χ4v) is 1.75. The van der Waals surface area contributed by atoms with Crippen LogP contribution >= 0.6 is 0 Å². The number of pyridine rings is 2. The Bertz CT molecular complexity index is 613. The molecule has 108 valence electrons. The fraction of sp³-hybridized carbons (Fsp3) is 0.200. The van der Waals surface area contributed by atoms with Crippen molar-refractivity contribution >= 4 is 23.5 Å². The van der Waals surface area contributed by atoms with Crippen LogP contribution in [0.5, 0.6) is 0 Å². The van der Waals surface area contributed by atoms with Crippen molar-refractivity contribution < 1.29 is 9.59 Å². The molecule has 2 aromatic heterocycles. The molecule has 2 N–H and O–H groups in total. The van der Waals surface area contributed by atoms with E-state index < -0.39 is 11.8 Å². The zero-order valence-corrected chi connectivity index (χ0v) is 11.9. The number of aromatic nitrogens is 2. The van der Waals surface area contributed by atoms with Gasteiger partial charge in [-0.3, -0.25) is 9.59 Å². The summed E-state index contributed by atoms with van der Waals surface area (Å²) >= 11 is 0. The molecule has 2 rings (SSSR count). The first kappa shape index (κ1) is 14.6. The number of carbonyl (C=O) groups is 2. The summed E-state index contributed by atoms with van der Waals surface area (Å²) in [5, 5.41) is 5.16. The molecule has 2 heterocycles. The van der Waals surface area contributed by atoms with Crippen molar-refractivity contribution in [3.05, 3.63) is 47.8 Å². The molecule has 21 heavy (non-hydrogen) atoms. The van der Waals surface area contributed by atoms with Crippen molar-refractivity contribution in [2.75, 3.05) is 10.6 Å². The molecule has 0 saturated heterocycles. The van der Waals surface area contributed by atoms with Gasteiger partial charge in [0, 0.05) is 11.4 Å². The predicted molar refractivity (Wildman–Crippen MR) is 79.8 cm³/mol. The van der Waals surface area contributed by atoms with Crippen molar-refractivity contribution in [3.8, 4) is 0 Å². The Morgan fingerprint density at radius 1 is 0.857 bits per heavy atom. The number of anilines is 2. The largest absolute Gasteiger partial charge is 0.310 e. The van der Waals surface area contributed by atoms with Gasteiger partial charge in [0.1, 0.15) is 18.1 Å². The summed E-state index contributed by atoms with van der Waals surface area (Å²) in [7, 11) is 0. The van der Waals surface area contributed by atoms with E-state index in [-0.39, 0.29) is 6.42 Å². The van der Waals surface area contributed by atoms with E-state index in [1.807, 2.05) is 26.0 Å². The van der Waals surface area contributed by atoms with Gasteiger partial charge in [0.05, 0.1) is 0 Å². The molecule has 0 atom stereocenters. The lowest BCUT2D eigenvalue weighted by molar-refractivity contribution is -0.123. The molecule has 2 amide bonds. The van der Waals surface area contributed by atoms with E-state index in [0.717, 1.165) is 11.4 Å². The molecule has 0 aromatic carbocycles. The molecule has 0 unspecified atom stereocenters. The summed E-state index contributed by atoms with van der Waals surface area (Å²) in [5.74, 6) is 0.0273. The fourth-order valence-electron chi connectivity index (χ4n) is 1.75. The summed E-state index contributed by atoms with van der Waals surface area (Å²) in [6.45, 7) is 3.65. The quantitative estimate of drug-likeness (QED) is 0.842. The third kappa shape index (κ3) is 4.68. The maximum absolute atomic E-state index is 11.8. The molecule has 0 aliphatic rings. The molecule has 0 bridgehead atoms. The lowest BCUT2D eigenvalue weighted by Gasteiger charge is -2.06. The number of nitrogens with one attached hydrogen (secondary N) is 2. The minimum absolute atomic E-state index is 0.286. The summed E-state index contributed by atoms with van der Waals surface area (Å²) in [4.78, 5) is 31.8. The van der Waals surface area contributed by atoms with Crippen LogP contribution in [0.4, 0.5) is 11.6 Å². The second-order valence-electron chi connectivity index (χ2n) is 4.60. The SMILES string of the molecule is Cc1cccc(NC(=O)CC(=O)Nc2cccc(C)n2)n1. The van der Waals surface area contributed by atoms with E-state index in [2.05, 4.69) is 20.6 Å². The molecule has 0 saturated carbocycles. The molecular formula is C15H16N4O2. The zero-order chi connectivity index (χ0) is 15.2. The maximum Gasteiger partial charge on any atom is 0.234 e. The van der Waals surface area contributed by atoms with Crippen LogP contribution in [0.25, 0.3) is 0 Å². The van der Waals surface area contributed by atoms with Crippen LogP contribution in [0.3, 0.4) is 0 Å². The highest BCUT2D eigenvalue weighted by molar-refractivity contribution is 6.07. The van der Waals surface area contributed by atoms with Crippen LogP contribution in [0.15, 0.2) is 36.4 Å². The van der Waals surface area contributed by atoms with Crippen molar-refractivity contribution in [2.24, 2.45) is 0 Å². The van der Waals surface area contributed by atoms with Crippen molar-refractivity contribution in [1.82, 2.24) is 9.97 Å². The number of nitrogens with zero attached hydrogens (tertiary/aromatic N) is 2. The summed E-state index contributed by atoms with van der Waals surface area (Å²) < 4.78 is 0. The first-order valence-electron chi connectivity index (χ1n) is 6.50. The van der Waals surface area contributed by atoms with Gasteiger partial charge in [0.2, 0.25) is 11.8 Å². The van der Waals surface area contributed by atoms with Crippen LogP contribution in [-0.2, 0) is 9.59 Å². The smallest absolute Gasteiger partial charge is 0.234 e. The van der Waals surface area contributed by atoms with Gasteiger partial charge in [0.25, 0.3) is 0 Å².